The molecule has 0 saturated heterocycles. The van der Waals surface area contributed by atoms with Gasteiger partial charge in [-0.15, -0.1) is 0 Å². The van der Waals surface area contributed by atoms with Crippen molar-refractivity contribution in [2.45, 2.75) is 25.1 Å². The van der Waals surface area contributed by atoms with Gasteiger partial charge in [-0.2, -0.15) is 0 Å². The Morgan fingerprint density at radius 2 is 2.00 bits per heavy atom. The predicted octanol–water partition coefficient (Wildman–Crippen LogP) is 5.11. The smallest absolute Gasteiger partial charge is 0.305 e. The molecule has 0 atom stereocenters. The third-order valence-corrected chi connectivity index (χ3v) is 4.07. The van der Waals surface area contributed by atoms with Crippen molar-refractivity contribution in [1.82, 2.24) is 0 Å². The quantitative estimate of drug-likeness (QED) is 0.354. The van der Waals surface area contributed by atoms with Crippen molar-refractivity contribution in [2.24, 2.45) is 0 Å². The molecule has 0 aromatic heterocycles. The molecule has 0 aliphatic heterocycles. The van der Waals surface area contributed by atoms with Crippen LogP contribution in [0.25, 0.3) is 11.1 Å². The second kappa shape index (κ2) is 9.42. The molecule has 0 amide bonds. The minimum atomic E-state index is -0.228. The lowest BCUT2D eigenvalue weighted by Gasteiger charge is -2.10. The van der Waals surface area contributed by atoms with E-state index in [0.717, 1.165) is 5.56 Å². The predicted molar refractivity (Wildman–Crippen MR) is 95.8 cm³/mol. The van der Waals surface area contributed by atoms with Gasteiger partial charge in [0.1, 0.15) is 11.6 Å². The summed E-state index contributed by atoms with van der Waals surface area (Å²) >= 11 is 3.29. The van der Waals surface area contributed by atoms with E-state index >= 15 is 0 Å². The van der Waals surface area contributed by atoms with E-state index in [1.165, 1.54) is 0 Å². The van der Waals surface area contributed by atoms with Gasteiger partial charge < -0.3 is 9.47 Å². The second-order valence-electron chi connectivity index (χ2n) is 5.20. The van der Waals surface area contributed by atoms with E-state index in [9.17, 15) is 9.18 Å². The van der Waals surface area contributed by atoms with Gasteiger partial charge in [-0.3, -0.25) is 4.79 Å². The number of rotatable bonds is 8. The van der Waals surface area contributed by atoms with Crippen LogP contribution in [0.15, 0.2) is 42.5 Å². The molecule has 3 nitrogen and oxygen atoms in total. The number of alkyl halides is 1. The van der Waals surface area contributed by atoms with Crippen LogP contribution in [-0.4, -0.2) is 19.2 Å². The van der Waals surface area contributed by atoms with E-state index in [-0.39, 0.29) is 11.8 Å². The maximum atomic E-state index is 14.4. The van der Waals surface area contributed by atoms with Gasteiger partial charge in [0.05, 0.1) is 13.2 Å². The molecule has 2 aromatic carbocycles. The van der Waals surface area contributed by atoms with Gasteiger partial charge in [0, 0.05) is 17.3 Å². The summed E-state index contributed by atoms with van der Waals surface area (Å²) in [7, 11) is 0. The lowest BCUT2D eigenvalue weighted by molar-refractivity contribution is -0.143. The van der Waals surface area contributed by atoms with Crippen LogP contribution in [0.3, 0.4) is 0 Å². The second-order valence-corrected chi connectivity index (χ2v) is 5.76. The van der Waals surface area contributed by atoms with Crippen molar-refractivity contribution in [1.29, 1.82) is 0 Å². The standard InChI is InChI=1S/C19H20BrFO3/c1-2-23-18(22)10-5-11-24-16-8-3-6-14(12-16)17-9-4-7-15(13-20)19(17)21/h3-4,6-9,12H,2,5,10-11,13H2,1H3. The van der Waals surface area contributed by atoms with Gasteiger partial charge in [0.15, 0.2) is 0 Å². The first kappa shape index (κ1) is 18.5. The SMILES string of the molecule is CCOC(=O)CCCOc1cccc(-c2cccc(CBr)c2F)c1. The molecule has 0 unspecified atom stereocenters. The zero-order valence-corrected chi connectivity index (χ0v) is 15.1. The molecule has 0 aliphatic carbocycles. The van der Waals surface area contributed by atoms with Crippen LogP contribution in [0, 0.1) is 5.82 Å². The molecule has 24 heavy (non-hydrogen) atoms. The summed E-state index contributed by atoms with van der Waals surface area (Å²) in [6.45, 7) is 2.58. The fraction of sp³-hybridized carbons (Fsp3) is 0.316. The zero-order valence-electron chi connectivity index (χ0n) is 13.6. The fourth-order valence-electron chi connectivity index (χ4n) is 2.30. The average Bonchev–Trinajstić information content (AvgIpc) is 2.59. The Bertz CT molecular complexity index is 688. The molecule has 128 valence electrons. The van der Waals surface area contributed by atoms with Crippen molar-refractivity contribution in [2.75, 3.05) is 13.2 Å². The summed E-state index contributed by atoms with van der Waals surface area (Å²) < 4.78 is 25.0. The number of hydrogen-bond donors (Lipinski definition) is 0. The summed E-state index contributed by atoms with van der Waals surface area (Å²) in [6.07, 6.45) is 0.909. The Morgan fingerprint density at radius 3 is 2.75 bits per heavy atom. The largest absolute Gasteiger partial charge is 0.494 e. The van der Waals surface area contributed by atoms with Crippen LogP contribution in [-0.2, 0) is 14.9 Å². The molecule has 5 heteroatoms. The maximum Gasteiger partial charge on any atom is 0.305 e. The third-order valence-electron chi connectivity index (χ3n) is 3.47. The number of carbonyl (C=O) groups excluding carboxylic acids is 1. The van der Waals surface area contributed by atoms with Gasteiger partial charge in [0.2, 0.25) is 0 Å². The summed E-state index contributed by atoms with van der Waals surface area (Å²) in [5, 5.41) is 0.469. The van der Waals surface area contributed by atoms with Gasteiger partial charge in [-0.1, -0.05) is 46.3 Å². The van der Waals surface area contributed by atoms with Crippen LogP contribution >= 0.6 is 15.9 Å². The Kier molecular flexibility index (Phi) is 7.25. The molecular weight excluding hydrogens is 375 g/mol. The van der Waals surface area contributed by atoms with Gasteiger partial charge in [0.25, 0.3) is 0 Å². The van der Waals surface area contributed by atoms with Crippen LogP contribution < -0.4 is 4.74 Å². The van der Waals surface area contributed by atoms with Gasteiger partial charge >= 0.3 is 5.97 Å². The number of ether oxygens (including phenoxy) is 2. The van der Waals surface area contributed by atoms with Crippen molar-refractivity contribution in [3.63, 3.8) is 0 Å². The lowest BCUT2D eigenvalue weighted by atomic mass is 10.0. The molecule has 0 radical (unpaired) electrons. The number of carbonyl (C=O) groups is 1. The molecule has 0 saturated carbocycles. The monoisotopic (exact) mass is 394 g/mol. The molecule has 2 rings (SSSR count). The van der Waals surface area contributed by atoms with Crippen LogP contribution in [0.2, 0.25) is 0 Å². The highest BCUT2D eigenvalue weighted by molar-refractivity contribution is 9.08. The maximum absolute atomic E-state index is 14.4. The first-order valence-electron chi connectivity index (χ1n) is 7.88. The normalized spacial score (nSPS) is 10.5. The number of benzene rings is 2. The van der Waals surface area contributed by atoms with Crippen LogP contribution in [0.4, 0.5) is 4.39 Å². The van der Waals surface area contributed by atoms with E-state index in [2.05, 4.69) is 15.9 Å². The summed E-state index contributed by atoms with van der Waals surface area (Å²) in [6, 6.07) is 12.6. The van der Waals surface area contributed by atoms with Crippen molar-refractivity contribution < 1.29 is 18.7 Å². The highest BCUT2D eigenvalue weighted by Gasteiger charge is 2.10. The Balaban J connectivity index is 2.01. The minimum absolute atomic E-state index is 0.219. The molecule has 0 spiro atoms. The summed E-state index contributed by atoms with van der Waals surface area (Å²) in [5.74, 6) is 0.206. The van der Waals surface area contributed by atoms with Gasteiger partial charge in [-0.05, 0) is 36.6 Å². The summed E-state index contributed by atoms with van der Waals surface area (Å²) in [4.78, 5) is 11.3. The van der Waals surface area contributed by atoms with Crippen molar-refractivity contribution in [3.8, 4) is 16.9 Å². The van der Waals surface area contributed by atoms with Crippen molar-refractivity contribution >= 4 is 21.9 Å². The topological polar surface area (TPSA) is 35.5 Å². The first-order valence-corrected chi connectivity index (χ1v) is 9.00. The third kappa shape index (κ3) is 5.06. The Morgan fingerprint density at radius 1 is 1.21 bits per heavy atom. The lowest BCUT2D eigenvalue weighted by Crippen LogP contribution is -2.06. The Hall–Kier alpha value is -1.88. The zero-order chi connectivity index (χ0) is 17.4. The van der Waals surface area contributed by atoms with E-state index in [1.54, 1.807) is 25.1 Å². The summed E-state index contributed by atoms with van der Waals surface area (Å²) in [5.41, 5.74) is 1.93. The average molecular weight is 395 g/mol. The fourth-order valence-corrected chi connectivity index (χ4v) is 2.73. The van der Waals surface area contributed by atoms with E-state index in [0.29, 0.717) is 48.3 Å². The Labute approximate surface area is 149 Å². The minimum Gasteiger partial charge on any atom is -0.494 e. The molecule has 0 heterocycles. The van der Waals surface area contributed by atoms with Crippen molar-refractivity contribution in [3.05, 3.63) is 53.8 Å². The molecule has 0 fully saturated rings. The highest BCUT2D eigenvalue weighted by Crippen LogP contribution is 2.28. The number of hydrogen-bond acceptors (Lipinski definition) is 3. The van der Waals surface area contributed by atoms with Crippen LogP contribution in [0.5, 0.6) is 5.75 Å². The highest BCUT2D eigenvalue weighted by atomic mass is 79.9. The first-order chi connectivity index (χ1) is 11.7. The van der Waals surface area contributed by atoms with Gasteiger partial charge in [-0.25, -0.2) is 4.39 Å². The van der Waals surface area contributed by atoms with E-state index < -0.39 is 0 Å². The molecular formula is C19H20BrFO3. The molecule has 0 N–H and O–H groups in total. The number of halogens is 2. The molecule has 0 bridgehead atoms. The number of esters is 1. The van der Waals surface area contributed by atoms with Crippen LogP contribution in [0.1, 0.15) is 25.3 Å². The van der Waals surface area contributed by atoms with E-state index in [4.69, 9.17) is 9.47 Å². The molecule has 2 aromatic rings. The van der Waals surface area contributed by atoms with E-state index in [1.807, 2.05) is 24.3 Å². The molecule has 0 aliphatic rings.